The summed E-state index contributed by atoms with van der Waals surface area (Å²) in [6, 6.07) is 34.7. The van der Waals surface area contributed by atoms with Gasteiger partial charge in [-0.3, -0.25) is 19.3 Å². The van der Waals surface area contributed by atoms with E-state index >= 15 is 14.4 Å². The number of nitrogens with one attached hydrogen (secondary N) is 1. The number of fused-ring (bicyclic) bond motifs is 3. The zero-order valence-electron chi connectivity index (χ0n) is 37.5. The van der Waals surface area contributed by atoms with Crippen molar-refractivity contribution in [3.05, 3.63) is 155 Å². The van der Waals surface area contributed by atoms with E-state index in [9.17, 15) is 15.0 Å². The lowest BCUT2D eigenvalue weighted by Crippen LogP contribution is -2.54. The van der Waals surface area contributed by atoms with Crippen LogP contribution in [-0.4, -0.2) is 111 Å². The molecule has 15 nitrogen and oxygen atoms in total. The molecule has 3 N–H and O–H groups in total. The molecule has 0 saturated carbocycles. The predicted molar refractivity (Wildman–Crippen MR) is 251 cm³/mol. The van der Waals surface area contributed by atoms with Crippen molar-refractivity contribution < 1.29 is 53.1 Å². The molecular formula is C53H52N4O11. The fourth-order valence-corrected chi connectivity index (χ4v) is 10.2. The molecule has 3 amide bonds. The number of cyclic esters (lactones) is 1. The molecule has 1 spiro atoms. The molecule has 3 saturated heterocycles. The largest absolute Gasteiger partial charge is 0.491 e. The minimum absolute atomic E-state index is 0.0311. The second-order valence-electron chi connectivity index (χ2n) is 16.8. The van der Waals surface area contributed by atoms with E-state index in [1.54, 1.807) is 54.6 Å². The van der Waals surface area contributed by atoms with Gasteiger partial charge in [0.15, 0.2) is 0 Å². The first kappa shape index (κ1) is 46.1. The van der Waals surface area contributed by atoms with Crippen molar-refractivity contribution in [3.63, 3.8) is 0 Å². The van der Waals surface area contributed by atoms with Crippen LogP contribution in [0.5, 0.6) is 5.75 Å². The highest BCUT2D eigenvalue weighted by molar-refractivity contribution is 6.24. The van der Waals surface area contributed by atoms with E-state index in [1.807, 2.05) is 77.7 Å². The molecule has 4 heterocycles. The van der Waals surface area contributed by atoms with E-state index in [-0.39, 0.29) is 50.7 Å². The predicted octanol–water partition coefficient (Wildman–Crippen LogP) is 5.72. The van der Waals surface area contributed by atoms with E-state index in [4.69, 9.17) is 23.7 Å². The second-order valence-corrected chi connectivity index (χ2v) is 16.8. The first-order valence-electron chi connectivity index (χ1n) is 22.7. The van der Waals surface area contributed by atoms with Crippen LogP contribution in [0.4, 0.5) is 21.9 Å². The molecule has 4 aliphatic rings. The fraction of sp³-hybridized carbons (Fsp3) is 0.321. The second kappa shape index (κ2) is 20.4. The van der Waals surface area contributed by atoms with Crippen molar-refractivity contribution in [2.75, 3.05) is 81.6 Å². The molecule has 4 aliphatic heterocycles. The third kappa shape index (κ3) is 8.57. The van der Waals surface area contributed by atoms with Crippen molar-refractivity contribution in [3.8, 4) is 17.6 Å². The van der Waals surface area contributed by atoms with Gasteiger partial charge < -0.3 is 44.1 Å². The van der Waals surface area contributed by atoms with Crippen LogP contribution in [0.2, 0.25) is 0 Å². The number of nitrogens with zero attached hydrogens (tertiary/aromatic N) is 3. The molecule has 0 unspecified atom stereocenters. The number of morpholine rings is 2. The number of carbonyl (C=O) groups excluding carboxylic acids is 4. The minimum atomic E-state index is -2.06. The van der Waals surface area contributed by atoms with Gasteiger partial charge >= 0.3 is 12.1 Å². The van der Waals surface area contributed by atoms with Crippen molar-refractivity contribution in [1.82, 2.24) is 4.90 Å². The molecule has 15 heteroatoms. The maximum Gasteiger partial charge on any atom is 0.421 e. The SMILES string of the molecule is COCCOC(=O)N1C(=O)[C@@]2(c3cc(C#CCCO)ccc31)[C@H](C(=O)Nc1ccc(N3CCOCC3)cc1)[C@H]1C(=O)O[C@H](c3ccccc3)[C@H](c3ccccc3)N1[C@@H]2c1ccc(OCCO)cc1. The van der Waals surface area contributed by atoms with Gasteiger partial charge in [-0.05, 0) is 76.9 Å². The number of carbonyl (C=O) groups is 4. The summed E-state index contributed by atoms with van der Waals surface area (Å²) in [5.41, 5.74) is 2.10. The molecular weight excluding hydrogens is 869 g/mol. The van der Waals surface area contributed by atoms with Gasteiger partial charge in [-0.2, -0.15) is 0 Å². The number of benzene rings is 5. The van der Waals surface area contributed by atoms with Gasteiger partial charge in [0.25, 0.3) is 0 Å². The van der Waals surface area contributed by atoms with E-state index in [2.05, 4.69) is 22.1 Å². The molecule has 68 heavy (non-hydrogen) atoms. The highest BCUT2D eigenvalue weighted by atomic mass is 16.6. The lowest BCUT2D eigenvalue weighted by atomic mass is 9.65. The van der Waals surface area contributed by atoms with Crippen molar-refractivity contribution in [2.24, 2.45) is 5.92 Å². The van der Waals surface area contributed by atoms with E-state index in [0.717, 1.165) is 16.2 Å². The molecule has 5 aromatic rings. The van der Waals surface area contributed by atoms with E-state index in [0.29, 0.717) is 54.4 Å². The number of amides is 3. The summed E-state index contributed by atoms with van der Waals surface area (Å²) in [5, 5.41) is 22.3. The number of methoxy groups -OCH3 is 1. The first-order valence-corrected chi connectivity index (χ1v) is 22.7. The van der Waals surface area contributed by atoms with Gasteiger partial charge in [0, 0.05) is 43.6 Å². The normalized spacial score (nSPS) is 23.0. The highest BCUT2D eigenvalue weighted by Gasteiger charge is 2.75. The maximum atomic E-state index is 16.4. The Hall–Kier alpha value is -7.06. The number of rotatable bonds is 13. The quantitative estimate of drug-likeness (QED) is 0.0744. The van der Waals surface area contributed by atoms with Crippen LogP contribution in [0.15, 0.2) is 127 Å². The lowest BCUT2D eigenvalue weighted by Gasteiger charge is -2.46. The number of anilines is 3. The highest BCUT2D eigenvalue weighted by Crippen LogP contribution is 2.66. The summed E-state index contributed by atoms with van der Waals surface area (Å²) in [6.45, 7) is 2.09. The van der Waals surface area contributed by atoms with Crippen molar-refractivity contribution in [2.45, 2.75) is 36.1 Å². The van der Waals surface area contributed by atoms with Gasteiger partial charge in [0.05, 0.1) is 56.7 Å². The molecule has 5 aromatic carbocycles. The summed E-state index contributed by atoms with van der Waals surface area (Å²) in [7, 11) is 1.46. The molecule has 350 valence electrons. The Morgan fingerprint density at radius 1 is 0.794 bits per heavy atom. The number of hydrogen-bond acceptors (Lipinski definition) is 13. The third-order valence-electron chi connectivity index (χ3n) is 13.0. The maximum absolute atomic E-state index is 16.4. The number of ether oxygens (including phenoxy) is 5. The summed E-state index contributed by atoms with van der Waals surface area (Å²) < 4.78 is 28.8. The number of aliphatic hydroxyl groups is 2. The Bertz CT molecular complexity index is 2670. The molecule has 0 radical (unpaired) electrons. The van der Waals surface area contributed by atoms with E-state index < -0.39 is 59.4 Å². The Kier molecular flexibility index (Phi) is 13.8. The monoisotopic (exact) mass is 920 g/mol. The minimum Gasteiger partial charge on any atom is -0.491 e. The van der Waals surface area contributed by atoms with Gasteiger partial charge in [0.2, 0.25) is 11.8 Å². The molecule has 9 rings (SSSR count). The zero-order valence-corrected chi connectivity index (χ0v) is 37.5. The first-order chi connectivity index (χ1) is 33.3. The average Bonchev–Trinajstić information content (AvgIpc) is 3.83. The van der Waals surface area contributed by atoms with Crippen LogP contribution in [0.1, 0.15) is 52.4 Å². The number of esters is 1. The van der Waals surface area contributed by atoms with Gasteiger partial charge in [0.1, 0.15) is 36.5 Å². The van der Waals surface area contributed by atoms with E-state index in [1.165, 1.54) is 7.11 Å². The van der Waals surface area contributed by atoms with Crippen LogP contribution >= 0.6 is 0 Å². The third-order valence-corrected chi connectivity index (χ3v) is 13.0. The summed E-state index contributed by atoms with van der Waals surface area (Å²) in [5.74, 6) is 2.71. The topological polar surface area (TPSA) is 177 Å². The Labute approximate surface area is 394 Å². The zero-order chi connectivity index (χ0) is 47.2. The van der Waals surface area contributed by atoms with Crippen molar-refractivity contribution in [1.29, 1.82) is 0 Å². The Morgan fingerprint density at radius 3 is 2.18 bits per heavy atom. The standard InChI is InChI=1S/C53H52N4O11/c1-64-32-33-67-52(63)56-43-24-15-35(10-8-9-27-58)34-42(43)53(51(56)62)44(49(60)54-39-18-20-40(21-19-39)55-25-29-65-30-26-55)46-50(61)68-47(37-13-6-3-7-14-37)45(36-11-4-2-5-12-36)57(46)48(53)38-16-22-41(23-17-38)66-31-28-59/h2-7,11-24,34,44-48,58-59H,9,25-33H2,1H3,(H,54,60)/t44-,45-,46-,47+,48+,53-/m0/s1. The van der Waals surface area contributed by atoms with Crippen LogP contribution in [0, 0.1) is 17.8 Å². The summed E-state index contributed by atoms with van der Waals surface area (Å²) in [4.78, 5) is 67.1. The molecule has 0 bridgehead atoms. The van der Waals surface area contributed by atoms with Gasteiger partial charge in [-0.15, -0.1) is 0 Å². The number of aliphatic hydroxyl groups excluding tert-OH is 2. The Morgan fingerprint density at radius 2 is 1.50 bits per heavy atom. The van der Waals surface area contributed by atoms with Gasteiger partial charge in [-0.1, -0.05) is 84.6 Å². The fourth-order valence-electron chi connectivity index (χ4n) is 10.2. The molecule has 0 aromatic heterocycles. The summed E-state index contributed by atoms with van der Waals surface area (Å²) in [6.07, 6.45) is -1.75. The lowest BCUT2D eigenvalue weighted by molar-refractivity contribution is -0.177. The number of imide groups is 1. The van der Waals surface area contributed by atoms with Crippen LogP contribution in [0.25, 0.3) is 0 Å². The average molecular weight is 921 g/mol. The molecule has 6 atom stereocenters. The van der Waals surface area contributed by atoms with Gasteiger partial charge in [-0.25, -0.2) is 9.69 Å². The number of hydrogen-bond donors (Lipinski definition) is 3. The Balaban J connectivity index is 1.31. The van der Waals surface area contributed by atoms with Crippen LogP contribution < -0.4 is 19.9 Å². The van der Waals surface area contributed by atoms with Crippen molar-refractivity contribution >= 4 is 40.9 Å². The molecule has 3 fully saturated rings. The van der Waals surface area contributed by atoms with Crippen LogP contribution in [0.3, 0.4) is 0 Å². The van der Waals surface area contributed by atoms with Crippen LogP contribution in [-0.2, 0) is 38.7 Å². The smallest absolute Gasteiger partial charge is 0.421 e. The molecule has 0 aliphatic carbocycles. The summed E-state index contributed by atoms with van der Waals surface area (Å²) >= 11 is 0.